The average Bonchev–Trinajstić information content (AvgIpc) is 2.25. The normalized spacial score (nSPS) is 11.0. The fraction of sp³-hybridized carbons (Fsp3) is 0.182. The maximum Gasteiger partial charge on any atom is 0.255 e. The van der Waals surface area contributed by atoms with Crippen LogP contribution >= 0.6 is 15.9 Å². The van der Waals surface area contributed by atoms with Gasteiger partial charge < -0.3 is 5.32 Å². The summed E-state index contributed by atoms with van der Waals surface area (Å²) in [6.45, 7) is -0.382. The lowest BCUT2D eigenvalue weighted by Crippen LogP contribution is -2.11. The van der Waals surface area contributed by atoms with Gasteiger partial charge in [-0.25, -0.2) is 13.8 Å². The fourth-order valence-electron chi connectivity index (χ4n) is 1.37. The fourth-order valence-corrected chi connectivity index (χ4v) is 1.72. The van der Waals surface area contributed by atoms with E-state index < -0.39 is 6.43 Å². The van der Waals surface area contributed by atoms with Crippen LogP contribution in [0.5, 0.6) is 0 Å². The van der Waals surface area contributed by atoms with Gasteiger partial charge >= 0.3 is 0 Å². The molecule has 0 saturated heterocycles. The van der Waals surface area contributed by atoms with Crippen molar-refractivity contribution in [3.63, 3.8) is 0 Å². The van der Waals surface area contributed by atoms with Crippen LogP contribution in [-0.2, 0) is 0 Å². The number of halogens is 3. The molecule has 84 valence electrons. The molecular weight excluding hydrogens is 278 g/mol. The maximum absolute atomic E-state index is 12.0. The monoisotopic (exact) mass is 286 g/mol. The molecule has 0 aliphatic rings. The van der Waals surface area contributed by atoms with Crippen LogP contribution in [0.15, 0.2) is 34.8 Å². The highest BCUT2D eigenvalue weighted by atomic mass is 79.9. The Balaban J connectivity index is 2.28. The van der Waals surface area contributed by atoms with Crippen molar-refractivity contribution >= 4 is 32.7 Å². The summed E-state index contributed by atoms with van der Waals surface area (Å²) < 4.78 is 24.9. The zero-order valence-corrected chi connectivity index (χ0v) is 9.84. The Bertz CT molecular complexity index is 502. The van der Waals surface area contributed by atoms with Gasteiger partial charge in [0.15, 0.2) is 0 Å². The van der Waals surface area contributed by atoms with Gasteiger partial charge in [-0.05, 0) is 24.3 Å². The molecule has 16 heavy (non-hydrogen) atoms. The summed E-state index contributed by atoms with van der Waals surface area (Å²) >= 11 is 3.34. The summed E-state index contributed by atoms with van der Waals surface area (Å²) in [4.78, 5) is 4.23. The van der Waals surface area contributed by atoms with Crippen molar-refractivity contribution in [2.24, 2.45) is 0 Å². The Morgan fingerprint density at radius 2 is 2.00 bits per heavy atom. The molecule has 1 aromatic carbocycles. The second-order valence-electron chi connectivity index (χ2n) is 3.31. The van der Waals surface area contributed by atoms with Crippen LogP contribution in [0, 0.1) is 0 Å². The van der Waals surface area contributed by atoms with E-state index >= 15 is 0 Å². The summed E-state index contributed by atoms with van der Waals surface area (Å²) in [6, 6.07) is 9.23. The SMILES string of the molecule is FC(F)CNc1ccc2ccc(Br)cc2n1. The highest BCUT2D eigenvalue weighted by Gasteiger charge is 2.03. The van der Waals surface area contributed by atoms with Crippen molar-refractivity contribution in [2.45, 2.75) is 6.43 Å². The summed E-state index contributed by atoms with van der Waals surface area (Å²) in [7, 11) is 0. The predicted octanol–water partition coefficient (Wildman–Crippen LogP) is 3.67. The largest absolute Gasteiger partial charge is 0.364 e. The summed E-state index contributed by atoms with van der Waals surface area (Å²) in [5.74, 6) is 0.464. The summed E-state index contributed by atoms with van der Waals surface area (Å²) in [5, 5.41) is 3.56. The van der Waals surface area contributed by atoms with Crippen LogP contribution in [0.25, 0.3) is 10.9 Å². The number of pyridine rings is 1. The Morgan fingerprint density at radius 1 is 1.25 bits per heavy atom. The van der Waals surface area contributed by atoms with E-state index in [-0.39, 0.29) is 6.54 Å². The molecule has 0 fully saturated rings. The van der Waals surface area contributed by atoms with E-state index in [4.69, 9.17) is 0 Å². The van der Waals surface area contributed by atoms with Crippen LogP contribution < -0.4 is 5.32 Å². The first-order chi connectivity index (χ1) is 7.65. The lowest BCUT2D eigenvalue weighted by molar-refractivity contribution is 0.163. The molecule has 5 heteroatoms. The zero-order chi connectivity index (χ0) is 11.5. The average molecular weight is 287 g/mol. The highest BCUT2D eigenvalue weighted by Crippen LogP contribution is 2.19. The van der Waals surface area contributed by atoms with Crippen molar-refractivity contribution < 1.29 is 8.78 Å². The second-order valence-corrected chi connectivity index (χ2v) is 4.22. The van der Waals surface area contributed by atoms with E-state index in [9.17, 15) is 8.78 Å². The Kier molecular flexibility index (Phi) is 3.33. The van der Waals surface area contributed by atoms with Gasteiger partial charge in [-0.2, -0.15) is 0 Å². The van der Waals surface area contributed by atoms with Gasteiger partial charge in [0.1, 0.15) is 5.82 Å². The molecule has 0 bridgehead atoms. The minimum Gasteiger partial charge on any atom is -0.364 e. The number of hydrogen-bond acceptors (Lipinski definition) is 2. The number of benzene rings is 1. The number of anilines is 1. The Hall–Kier alpha value is -1.23. The molecule has 2 rings (SSSR count). The van der Waals surface area contributed by atoms with E-state index in [0.717, 1.165) is 15.4 Å². The first kappa shape index (κ1) is 11.3. The number of nitrogens with zero attached hydrogens (tertiary/aromatic N) is 1. The molecule has 1 N–H and O–H groups in total. The molecule has 0 radical (unpaired) electrons. The van der Waals surface area contributed by atoms with Gasteiger partial charge in [-0.3, -0.25) is 0 Å². The zero-order valence-electron chi connectivity index (χ0n) is 8.25. The number of alkyl halides is 2. The number of nitrogens with one attached hydrogen (secondary N) is 1. The third-order valence-electron chi connectivity index (χ3n) is 2.09. The van der Waals surface area contributed by atoms with Gasteiger partial charge in [-0.1, -0.05) is 22.0 Å². The molecule has 0 unspecified atom stereocenters. The quantitative estimate of drug-likeness (QED) is 0.931. The maximum atomic E-state index is 12.0. The third-order valence-corrected chi connectivity index (χ3v) is 2.58. The first-order valence-corrected chi connectivity index (χ1v) is 5.53. The molecule has 2 nitrogen and oxygen atoms in total. The third kappa shape index (κ3) is 2.66. The van der Waals surface area contributed by atoms with Crippen LogP contribution in [0.2, 0.25) is 0 Å². The lowest BCUT2D eigenvalue weighted by atomic mass is 10.2. The molecular formula is C11H9BrF2N2. The standard InChI is InChI=1S/C11H9BrF2N2/c12-8-3-1-7-2-4-11(15-6-10(13)14)16-9(7)5-8/h1-5,10H,6H2,(H,15,16). The number of fused-ring (bicyclic) bond motifs is 1. The van der Waals surface area contributed by atoms with E-state index in [1.54, 1.807) is 6.07 Å². The van der Waals surface area contributed by atoms with Crippen molar-refractivity contribution in [1.82, 2.24) is 4.98 Å². The second kappa shape index (κ2) is 4.74. The van der Waals surface area contributed by atoms with Gasteiger partial charge in [0.25, 0.3) is 6.43 Å². The number of aromatic nitrogens is 1. The Labute approximate surface area is 99.8 Å². The van der Waals surface area contributed by atoms with Crippen LogP contribution in [0.4, 0.5) is 14.6 Å². The van der Waals surface area contributed by atoms with Gasteiger partial charge in [0.05, 0.1) is 12.1 Å². The molecule has 1 heterocycles. The van der Waals surface area contributed by atoms with Gasteiger partial charge in [-0.15, -0.1) is 0 Å². The van der Waals surface area contributed by atoms with Crippen molar-refractivity contribution in [3.05, 3.63) is 34.8 Å². The number of rotatable bonds is 3. The molecule has 0 amide bonds. The van der Waals surface area contributed by atoms with E-state index in [0.29, 0.717) is 5.82 Å². The van der Waals surface area contributed by atoms with Crippen molar-refractivity contribution in [1.29, 1.82) is 0 Å². The minimum atomic E-state index is -2.37. The topological polar surface area (TPSA) is 24.9 Å². The first-order valence-electron chi connectivity index (χ1n) is 4.73. The Morgan fingerprint density at radius 3 is 2.75 bits per heavy atom. The smallest absolute Gasteiger partial charge is 0.255 e. The molecule has 0 spiro atoms. The molecule has 0 saturated carbocycles. The van der Waals surface area contributed by atoms with Crippen LogP contribution in [0.1, 0.15) is 0 Å². The van der Waals surface area contributed by atoms with Crippen molar-refractivity contribution in [2.75, 3.05) is 11.9 Å². The van der Waals surface area contributed by atoms with Crippen LogP contribution in [0.3, 0.4) is 0 Å². The predicted molar refractivity (Wildman–Crippen MR) is 63.9 cm³/mol. The molecule has 2 aromatic rings. The molecule has 0 aliphatic carbocycles. The lowest BCUT2D eigenvalue weighted by Gasteiger charge is -2.06. The molecule has 0 aliphatic heterocycles. The highest BCUT2D eigenvalue weighted by molar-refractivity contribution is 9.10. The minimum absolute atomic E-state index is 0.382. The van der Waals surface area contributed by atoms with Gasteiger partial charge in [0.2, 0.25) is 0 Å². The summed E-state index contributed by atoms with van der Waals surface area (Å²) in [5.41, 5.74) is 0.772. The van der Waals surface area contributed by atoms with E-state index in [1.807, 2.05) is 24.3 Å². The molecule has 0 atom stereocenters. The van der Waals surface area contributed by atoms with Gasteiger partial charge in [0, 0.05) is 9.86 Å². The van der Waals surface area contributed by atoms with Crippen LogP contribution in [-0.4, -0.2) is 18.0 Å². The van der Waals surface area contributed by atoms with E-state index in [2.05, 4.69) is 26.2 Å². The molecule has 1 aromatic heterocycles. The van der Waals surface area contributed by atoms with E-state index in [1.165, 1.54) is 0 Å². The van der Waals surface area contributed by atoms with Crippen molar-refractivity contribution in [3.8, 4) is 0 Å². The number of hydrogen-bond donors (Lipinski definition) is 1. The summed E-state index contributed by atoms with van der Waals surface area (Å²) in [6.07, 6.45) is -2.37.